The summed E-state index contributed by atoms with van der Waals surface area (Å²) in [7, 11) is 0. The highest BCUT2D eigenvalue weighted by Gasteiger charge is 2.03. The Labute approximate surface area is 139 Å². The Morgan fingerprint density at radius 2 is 1.52 bits per heavy atom. The van der Waals surface area contributed by atoms with Crippen LogP contribution in [0.25, 0.3) is 6.08 Å². The second kappa shape index (κ2) is 11.6. The maximum absolute atomic E-state index is 11.6. The van der Waals surface area contributed by atoms with Crippen molar-refractivity contribution in [3.8, 4) is 11.5 Å². The number of carbonyl (C=O) groups excluding carboxylic acids is 1. The smallest absolute Gasteiger partial charge is 0.330 e. The van der Waals surface area contributed by atoms with Gasteiger partial charge in [0, 0.05) is 12.1 Å². The van der Waals surface area contributed by atoms with E-state index in [0.29, 0.717) is 19.8 Å². The van der Waals surface area contributed by atoms with E-state index in [0.717, 1.165) is 42.7 Å². The number of hydrogen-bond donors (Lipinski definition) is 0. The molecule has 4 nitrogen and oxygen atoms in total. The Morgan fingerprint density at radius 3 is 2.04 bits per heavy atom. The summed E-state index contributed by atoms with van der Waals surface area (Å²) in [6.45, 7) is 7.95. The minimum absolute atomic E-state index is 0.325. The van der Waals surface area contributed by atoms with Crippen LogP contribution in [0.1, 0.15) is 52.0 Å². The predicted molar refractivity (Wildman–Crippen MR) is 92.9 cm³/mol. The van der Waals surface area contributed by atoms with E-state index in [2.05, 4.69) is 20.8 Å². The lowest BCUT2D eigenvalue weighted by Crippen LogP contribution is -2.02. The van der Waals surface area contributed by atoms with Gasteiger partial charge >= 0.3 is 5.97 Å². The molecule has 0 radical (unpaired) electrons. The van der Waals surface area contributed by atoms with Gasteiger partial charge < -0.3 is 14.2 Å². The third-order valence-corrected chi connectivity index (χ3v) is 3.00. The Balaban J connectivity index is 2.75. The SMILES string of the molecule is CCCCOC(=O)C=Cc1cc(OCCC)cc(OCCC)c1. The molecule has 1 aromatic rings. The van der Waals surface area contributed by atoms with Gasteiger partial charge in [0.2, 0.25) is 0 Å². The highest BCUT2D eigenvalue weighted by atomic mass is 16.5. The van der Waals surface area contributed by atoms with Gasteiger partial charge in [-0.1, -0.05) is 27.2 Å². The van der Waals surface area contributed by atoms with Crippen LogP contribution >= 0.6 is 0 Å². The summed E-state index contributed by atoms with van der Waals surface area (Å²) in [5, 5.41) is 0. The molecule has 0 atom stereocenters. The summed E-state index contributed by atoms with van der Waals surface area (Å²) in [5.41, 5.74) is 0.858. The number of unbranched alkanes of at least 4 members (excludes halogenated alkanes) is 1. The van der Waals surface area contributed by atoms with Crippen molar-refractivity contribution >= 4 is 12.0 Å². The topological polar surface area (TPSA) is 44.8 Å². The quantitative estimate of drug-likeness (QED) is 0.339. The Morgan fingerprint density at radius 1 is 0.913 bits per heavy atom. The van der Waals surface area contributed by atoms with Crippen molar-refractivity contribution in [1.82, 2.24) is 0 Å². The van der Waals surface area contributed by atoms with Gasteiger partial charge in [0.25, 0.3) is 0 Å². The van der Waals surface area contributed by atoms with Gasteiger partial charge in [0.1, 0.15) is 11.5 Å². The van der Waals surface area contributed by atoms with Crippen LogP contribution < -0.4 is 9.47 Å². The fourth-order valence-corrected chi connectivity index (χ4v) is 1.83. The van der Waals surface area contributed by atoms with Crippen LogP contribution in [-0.4, -0.2) is 25.8 Å². The van der Waals surface area contributed by atoms with Crippen molar-refractivity contribution in [2.75, 3.05) is 19.8 Å². The normalized spacial score (nSPS) is 10.7. The molecule has 0 bridgehead atoms. The van der Waals surface area contributed by atoms with Crippen LogP contribution in [-0.2, 0) is 9.53 Å². The number of carbonyl (C=O) groups is 1. The maximum Gasteiger partial charge on any atom is 0.330 e. The first-order valence-electron chi connectivity index (χ1n) is 8.45. The van der Waals surface area contributed by atoms with Crippen LogP contribution in [0.15, 0.2) is 24.3 Å². The third kappa shape index (κ3) is 8.29. The van der Waals surface area contributed by atoms with Gasteiger partial charge in [0.15, 0.2) is 0 Å². The van der Waals surface area contributed by atoms with Gasteiger partial charge in [-0.3, -0.25) is 0 Å². The molecule has 4 heteroatoms. The summed E-state index contributed by atoms with van der Waals surface area (Å²) in [6.07, 6.45) is 6.94. The lowest BCUT2D eigenvalue weighted by atomic mass is 10.2. The molecule has 0 spiro atoms. The lowest BCUT2D eigenvalue weighted by molar-refractivity contribution is -0.137. The summed E-state index contributed by atoms with van der Waals surface area (Å²) in [4.78, 5) is 11.6. The Bertz CT molecular complexity index is 468. The third-order valence-electron chi connectivity index (χ3n) is 3.00. The van der Waals surface area contributed by atoms with E-state index in [1.807, 2.05) is 18.2 Å². The average Bonchev–Trinajstić information content (AvgIpc) is 2.56. The first kappa shape index (κ1) is 19.1. The van der Waals surface area contributed by atoms with Crippen molar-refractivity contribution in [2.45, 2.75) is 46.5 Å². The van der Waals surface area contributed by atoms with Gasteiger partial charge in [-0.25, -0.2) is 4.79 Å². The highest BCUT2D eigenvalue weighted by Crippen LogP contribution is 2.24. The minimum Gasteiger partial charge on any atom is -0.493 e. The minimum atomic E-state index is -0.325. The molecule has 0 N–H and O–H groups in total. The van der Waals surface area contributed by atoms with Crippen LogP contribution in [0.4, 0.5) is 0 Å². The fraction of sp³-hybridized carbons (Fsp3) is 0.526. The monoisotopic (exact) mass is 320 g/mol. The molecule has 0 aliphatic carbocycles. The summed E-state index contributed by atoms with van der Waals surface area (Å²) < 4.78 is 16.5. The maximum atomic E-state index is 11.6. The van der Waals surface area contributed by atoms with Gasteiger partial charge in [0.05, 0.1) is 19.8 Å². The molecule has 0 saturated heterocycles. The summed E-state index contributed by atoms with van der Waals surface area (Å²) in [6, 6.07) is 5.66. The van der Waals surface area contributed by atoms with Crippen molar-refractivity contribution in [3.05, 3.63) is 29.8 Å². The molecule has 0 amide bonds. The number of rotatable bonds is 11. The van der Waals surface area contributed by atoms with Crippen LogP contribution in [0.5, 0.6) is 11.5 Å². The fourth-order valence-electron chi connectivity index (χ4n) is 1.83. The van der Waals surface area contributed by atoms with Gasteiger partial charge in [-0.05, 0) is 43.0 Å². The van der Waals surface area contributed by atoms with Crippen molar-refractivity contribution in [3.63, 3.8) is 0 Å². The number of esters is 1. The van der Waals surface area contributed by atoms with E-state index < -0.39 is 0 Å². The van der Waals surface area contributed by atoms with Crippen molar-refractivity contribution in [2.24, 2.45) is 0 Å². The van der Waals surface area contributed by atoms with E-state index in [4.69, 9.17) is 14.2 Å². The lowest BCUT2D eigenvalue weighted by Gasteiger charge is -2.10. The highest BCUT2D eigenvalue weighted by molar-refractivity contribution is 5.87. The molecule has 0 unspecified atom stereocenters. The first-order chi connectivity index (χ1) is 11.2. The largest absolute Gasteiger partial charge is 0.493 e. The van der Waals surface area contributed by atoms with E-state index in [9.17, 15) is 4.79 Å². The predicted octanol–water partition coefficient (Wildman–Crippen LogP) is 4.62. The molecule has 0 aliphatic heterocycles. The van der Waals surface area contributed by atoms with Crippen LogP contribution in [0.2, 0.25) is 0 Å². The molecular weight excluding hydrogens is 292 g/mol. The molecule has 0 saturated carbocycles. The molecular formula is C19H28O4. The molecule has 23 heavy (non-hydrogen) atoms. The van der Waals surface area contributed by atoms with Crippen LogP contribution in [0.3, 0.4) is 0 Å². The zero-order valence-electron chi connectivity index (χ0n) is 14.5. The second-order valence-electron chi connectivity index (χ2n) is 5.29. The molecule has 128 valence electrons. The van der Waals surface area contributed by atoms with E-state index >= 15 is 0 Å². The van der Waals surface area contributed by atoms with Gasteiger partial charge in [-0.2, -0.15) is 0 Å². The van der Waals surface area contributed by atoms with E-state index in [-0.39, 0.29) is 5.97 Å². The number of hydrogen-bond acceptors (Lipinski definition) is 4. The summed E-state index contributed by atoms with van der Waals surface area (Å²) >= 11 is 0. The zero-order chi connectivity index (χ0) is 16.9. The standard InChI is InChI=1S/C19H28O4/c1-4-7-12-23-19(20)9-8-16-13-17(21-10-5-2)15-18(14-16)22-11-6-3/h8-9,13-15H,4-7,10-12H2,1-3H3. The Kier molecular flexibility index (Phi) is 9.60. The molecule has 0 aliphatic rings. The van der Waals surface area contributed by atoms with E-state index in [1.54, 1.807) is 6.08 Å². The van der Waals surface area contributed by atoms with E-state index in [1.165, 1.54) is 6.08 Å². The Hall–Kier alpha value is -1.97. The zero-order valence-corrected chi connectivity index (χ0v) is 14.5. The molecule has 1 aromatic carbocycles. The summed E-state index contributed by atoms with van der Waals surface area (Å²) in [5.74, 6) is 1.17. The molecule has 1 rings (SSSR count). The first-order valence-corrected chi connectivity index (χ1v) is 8.45. The molecule has 0 heterocycles. The second-order valence-corrected chi connectivity index (χ2v) is 5.29. The number of ether oxygens (including phenoxy) is 3. The molecule has 0 aromatic heterocycles. The average molecular weight is 320 g/mol. The van der Waals surface area contributed by atoms with Crippen molar-refractivity contribution < 1.29 is 19.0 Å². The molecule has 0 fully saturated rings. The van der Waals surface area contributed by atoms with Crippen LogP contribution in [0, 0.1) is 0 Å². The van der Waals surface area contributed by atoms with Crippen molar-refractivity contribution in [1.29, 1.82) is 0 Å². The number of benzene rings is 1. The van der Waals surface area contributed by atoms with Gasteiger partial charge in [-0.15, -0.1) is 0 Å².